The van der Waals surface area contributed by atoms with E-state index < -0.39 is 17.4 Å². The van der Waals surface area contributed by atoms with Crippen LogP contribution in [-0.4, -0.2) is 26.8 Å². The lowest BCUT2D eigenvalue weighted by Gasteiger charge is -2.08. The van der Waals surface area contributed by atoms with E-state index in [2.05, 4.69) is 10.4 Å². The van der Waals surface area contributed by atoms with Crippen molar-refractivity contribution in [3.63, 3.8) is 0 Å². The summed E-state index contributed by atoms with van der Waals surface area (Å²) < 4.78 is 41.0. The molecule has 0 spiro atoms. The fourth-order valence-corrected chi connectivity index (χ4v) is 3.13. The largest absolute Gasteiger partial charge is 0.416 e. The second-order valence-corrected chi connectivity index (χ2v) is 6.65. The molecule has 2 aromatic heterocycles. The highest BCUT2D eigenvalue weighted by atomic mass is 32.1. The first kappa shape index (κ1) is 18.9. The summed E-state index contributed by atoms with van der Waals surface area (Å²) in [6.45, 7) is 0.262. The fourth-order valence-electron chi connectivity index (χ4n) is 2.49. The molecule has 6 nitrogen and oxygen atoms in total. The van der Waals surface area contributed by atoms with Gasteiger partial charge < -0.3 is 5.32 Å². The van der Waals surface area contributed by atoms with E-state index in [4.69, 9.17) is 0 Å². The lowest BCUT2D eigenvalue weighted by molar-refractivity contribution is -0.137. The summed E-state index contributed by atoms with van der Waals surface area (Å²) in [6, 6.07) is 8.06. The van der Waals surface area contributed by atoms with Crippen molar-refractivity contribution < 1.29 is 18.0 Å². The van der Waals surface area contributed by atoms with Crippen LogP contribution in [0.2, 0.25) is 0 Å². The topological polar surface area (TPSA) is 68.9 Å². The number of alkyl halides is 3. The van der Waals surface area contributed by atoms with Gasteiger partial charge >= 0.3 is 11.9 Å². The Morgan fingerprint density at radius 3 is 2.70 bits per heavy atom. The Morgan fingerprint density at radius 1 is 1.26 bits per heavy atom. The number of nitrogens with zero attached hydrogens (tertiary/aromatic N) is 3. The van der Waals surface area contributed by atoms with Crippen molar-refractivity contribution in [1.82, 2.24) is 19.7 Å². The number of thiophene rings is 1. The maximum Gasteiger partial charge on any atom is 0.416 e. The number of benzene rings is 1. The van der Waals surface area contributed by atoms with E-state index in [1.54, 1.807) is 17.5 Å². The molecule has 1 amide bonds. The number of carbonyl (C=O) groups excluding carboxylic acids is 1. The normalized spacial score (nSPS) is 11.6. The number of rotatable bonds is 5. The monoisotopic (exact) mass is 396 g/mol. The number of aromatic nitrogens is 3. The van der Waals surface area contributed by atoms with Gasteiger partial charge in [-0.05, 0) is 23.6 Å². The molecule has 1 N–H and O–H groups in total. The van der Waals surface area contributed by atoms with Gasteiger partial charge in [0, 0.05) is 19.2 Å². The van der Waals surface area contributed by atoms with Gasteiger partial charge in [0.1, 0.15) is 0 Å². The highest BCUT2D eigenvalue weighted by Gasteiger charge is 2.30. The Bertz CT molecular complexity index is 1010. The van der Waals surface area contributed by atoms with E-state index in [0.29, 0.717) is 4.88 Å². The smallest absolute Gasteiger partial charge is 0.349 e. The van der Waals surface area contributed by atoms with Gasteiger partial charge in [0.2, 0.25) is 0 Å². The molecule has 0 aliphatic heterocycles. The molecular weight excluding hydrogens is 381 g/mol. The SMILES string of the molecule is Cn1c(-c2cccc(C(F)(F)F)c2)nn(CCNC(=O)c2cccs2)c1=O. The average molecular weight is 396 g/mol. The van der Waals surface area contributed by atoms with Crippen molar-refractivity contribution in [2.24, 2.45) is 7.05 Å². The van der Waals surface area contributed by atoms with Crippen LogP contribution in [0.3, 0.4) is 0 Å². The summed E-state index contributed by atoms with van der Waals surface area (Å²) in [5, 5.41) is 8.56. The van der Waals surface area contributed by atoms with Crippen molar-refractivity contribution in [2.45, 2.75) is 12.7 Å². The zero-order valence-electron chi connectivity index (χ0n) is 14.2. The number of nitrogens with one attached hydrogen (secondary N) is 1. The van der Waals surface area contributed by atoms with Gasteiger partial charge in [0.15, 0.2) is 5.82 Å². The van der Waals surface area contributed by atoms with E-state index in [1.165, 1.54) is 35.1 Å². The van der Waals surface area contributed by atoms with Gasteiger partial charge in [-0.3, -0.25) is 9.36 Å². The molecule has 0 aliphatic carbocycles. The van der Waals surface area contributed by atoms with Gasteiger partial charge in [0.05, 0.1) is 17.0 Å². The molecule has 0 saturated carbocycles. The van der Waals surface area contributed by atoms with E-state index in [0.717, 1.165) is 16.8 Å². The molecule has 0 saturated heterocycles. The molecule has 3 rings (SSSR count). The van der Waals surface area contributed by atoms with Gasteiger partial charge in [0.25, 0.3) is 5.91 Å². The van der Waals surface area contributed by atoms with E-state index >= 15 is 0 Å². The van der Waals surface area contributed by atoms with Gasteiger partial charge in [-0.25, -0.2) is 9.48 Å². The van der Waals surface area contributed by atoms with Gasteiger partial charge in [-0.1, -0.05) is 18.2 Å². The standard InChI is InChI=1S/C17H15F3N4O2S/c1-23-14(11-4-2-5-12(10-11)17(18,19)20)22-24(16(23)26)8-7-21-15(25)13-6-3-9-27-13/h2-6,9-10H,7-8H2,1H3,(H,21,25). The Labute approximate surface area is 155 Å². The molecule has 0 bridgehead atoms. The molecule has 27 heavy (non-hydrogen) atoms. The zero-order chi connectivity index (χ0) is 19.6. The van der Waals surface area contributed by atoms with Crippen molar-refractivity contribution in [2.75, 3.05) is 6.54 Å². The maximum atomic E-state index is 12.9. The van der Waals surface area contributed by atoms with Crippen LogP contribution < -0.4 is 11.0 Å². The molecule has 0 radical (unpaired) electrons. The summed E-state index contributed by atoms with van der Waals surface area (Å²) in [6.07, 6.45) is -4.48. The summed E-state index contributed by atoms with van der Waals surface area (Å²) >= 11 is 1.30. The Balaban J connectivity index is 1.76. The molecule has 142 valence electrons. The first-order valence-corrected chi connectivity index (χ1v) is 8.78. The molecule has 0 aliphatic rings. The van der Waals surface area contributed by atoms with E-state index in [1.807, 2.05) is 0 Å². The molecular formula is C17H15F3N4O2S. The first-order valence-electron chi connectivity index (χ1n) is 7.90. The Hall–Kier alpha value is -2.88. The predicted molar refractivity (Wildman–Crippen MR) is 94.6 cm³/mol. The van der Waals surface area contributed by atoms with Gasteiger partial charge in [-0.15, -0.1) is 16.4 Å². The highest BCUT2D eigenvalue weighted by molar-refractivity contribution is 7.12. The summed E-state index contributed by atoms with van der Waals surface area (Å²) in [5.41, 5.74) is -1.11. The van der Waals surface area contributed by atoms with Crippen LogP contribution in [0.4, 0.5) is 13.2 Å². The minimum Gasteiger partial charge on any atom is -0.349 e. The Kier molecular flexibility index (Phi) is 5.17. The fraction of sp³-hybridized carbons (Fsp3) is 0.235. The summed E-state index contributed by atoms with van der Waals surface area (Å²) in [4.78, 5) is 24.7. The van der Waals surface area contributed by atoms with Crippen LogP contribution in [-0.2, 0) is 19.8 Å². The van der Waals surface area contributed by atoms with Crippen LogP contribution >= 0.6 is 11.3 Å². The number of amides is 1. The molecule has 2 heterocycles. The summed E-state index contributed by atoms with van der Waals surface area (Å²) in [5.74, 6) is -0.136. The van der Waals surface area contributed by atoms with Crippen LogP contribution in [0.1, 0.15) is 15.2 Å². The van der Waals surface area contributed by atoms with Crippen molar-refractivity contribution in [3.05, 3.63) is 62.7 Å². The first-order chi connectivity index (χ1) is 12.8. The summed E-state index contributed by atoms with van der Waals surface area (Å²) in [7, 11) is 1.44. The lowest BCUT2D eigenvalue weighted by atomic mass is 10.1. The number of hydrogen-bond donors (Lipinski definition) is 1. The van der Waals surface area contributed by atoms with Crippen LogP contribution in [0, 0.1) is 0 Å². The van der Waals surface area contributed by atoms with Crippen LogP contribution in [0.25, 0.3) is 11.4 Å². The van der Waals surface area contributed by atoms with E-state index in [9.17, 15) is 22.8 Å². The number of carbonyl (C=O) groups is 1. The molecule has 10 heteroatoms. The van der Waals surface area contributed by atoms with E-state index in [-0.39, 0.29) is 30.4 Å². The minimum atomic E-state index is -4.48. The Morgan fingerprint density at radius 2 is 2.04 bits per heavy atom. The van der Waals surface area contributed by atoms with Crippen molar-refractivity contribution >= 4 is 17.2 Å². The molecule has 0 unspecified atom stereocenters. The minimum absolute atomic E-state index is 0.1000. The quantitative estimate of drug-likeness (QED) is 0.721. The third-order valence-corrected chi connectivity index (χ3v) is 4.71. The van der Waals surface area contributed by atoms with Crippen LogP contribution in [0.5, 0.6) is 0 Å². The molecule has 0 fully saturated rings. The van der Waals surface area contributed by atoms with Crippen LogP contribution in [0.15, 0.2) is 46.6 Å². The third-order valence-electron chi connectivity index (χ3n) is 3.84. The van der Waals surface area contributed by atoms with Crippen molar-refractivity contribution in [1.29, 1.82) is 0 Å². The maximum absolute atomic E-state index is 12.9. The lowest BCUT2D eigenvalue weighted by Crippen LogP contribution is -2.31. The predicted octanol–water partition coefficient (Wildman–Crippen LogP) is 2.76. The molecule has 3 aromatic rings. The highest BCUT2D eigenvalue weighted by Crippen LogP contribution is 2.31. The zero-order valence-corrected chi connectivity index (χ0v) is 15.0. The third kappa shape index (κ3) is 4.11. The molecule has 1 aromatic carbocycles. The molecule has 0 atom stereocenters. The number of hydrogen-bond acceptors (Lipinski definition) is 4. The average Bonchev–Trinajstić information content (AvgIpc) is 3.25. The van der Waals surface area contributed by atoms with Crippen molar-refractivity contribution in [3.8, 4) is 11.4 Å². The van der Waals surface area contributed by atoms with Gasteiger partial charge in [-0.2, -0.15) is 13.2 Å². The second kappa shape index (κ2) is 7.39. The number of halogens is 3. The second-order valence-electron chi connectivity index (χ2n) is 5.70.